The molecule has 2 N–H and O–H groups in total. The number of carbonyl (C=O) groups excluding carboxylic acids is 1. The highest BCUT2D eigenvalue weighted by molar-refractivity contribution is 7.18. The number of aromatic nitrogens is 1. The van der Waals surface area contributed by atoms with Crippen LogP contribution in [0.15, 0.2) is 60.8 Å². The Morgan fingerprint density at radius 2 is 1.80 bits per heavy atom. The molecule has 0 saturated carbocycles. The summed E-state index contributed by atoms with van der Waals surface area (Å²) in [7, 11) is 0. The van der Waals surface area contributed by atoms with Crippen LogP contribution in [0.5, 0.6) is 0 Å². The second kappa shape index (κ2) is 7.94. The molecule has 0 unspecified atom stereocenters. The van der Waals surface area contributed by atoms with Gasteiger partial charge in [0.05, 0.1) is 4.88 Å². The zero-order valence-electron chi connectivity index (χ0n) is 14.3. The van der Waals surface area contributed by atoms with Crippen molar-refractivity contribution >= 4 is 28.1 Å². The highest BCUT2D eigenvalue weighted by Crippen LogP contribution is 2.28. The average Bonchev–Trinajstić information content (AvgIpc) is 3.11. The monoisotopic (exact) mass is 351 g/mol. The van der Waals surface area contributed by atoms with Crippen molar-refractivity contribution in [3.63, 3.8) is 0 Å². The largest absolute Gasteiger partial charge is 0.357 e. The van der Waals surface area contributed by atoms with E-state index >= 15 is 0 Å². The van der Waals surface area contributed by atoms with Gasteiger partial charge in [-0.15, -0.1) is 0 Å². The van der Waals surface area contributed by atoms with E-state index in [1.54, 1.807) is 11.3 Å². The quantitative estimate of drug-likeness (QED) is 0.656. The summed E-state index contributed by atoms with van der Waals surface area (Å²) in [5.41, 5.74) is 3.14. The highest BCUT2D eigenvalue weighted by Gasteiger charge is 2.07. The number of hydrogen-bond donors (Lipinski definition) is 2. The fourth-order valence-corrected chi connectivity index (χ4v) is 3.08. The van der Waals surface area contributed by atoms with Crippen LogP contribution in [0.25, 0.3) is 10.4 Å². The molecule has 0 aliphatic heterocycles. The van der Waals surface area contributed by atoms with Crippen molar-refractivity contribution in [2.24, 2.45) is 5.92 Å². The topological polar surface area (TPSA) is 54.0 Å². The maximum atomic E-state index is 11.7. The summed E-state index contributed by atoms with van der Waals surface area (Å²) in [5.74, 6) is 0.00663. The fourth-order valence-electron chi connectivity index (χ4n) is 2.26. The number of nitrogens with one attached hydrogen (secondary N) is 2. The first-order chi connectivity index (χ1) is 12.1. The van der Waals surface area contributed by atoms with Crippen molar-refractivity contribution in [1.29, 1.82) is 0 Å². The first-order valence-electron chi connectivity index (χ1n) is 8.27. The summed E-state index contributed by atoms with van der Waals surface area (Å²) in [6.07, 6.45) is 1.90. The number of carbonyl (C=O) groups is 1. The normalized spacial score (nSPS) is 10.7. The van der Waals surface area contributed by atoms with Crippen LogP contribution in [0.3, 0.4) is 0 Å². The van der Waals surface area contributed by atoms with Gasteiger partial charge < -0.3 is 10.6 Å². The molecule has 0 radical (unpaired) electrons. The third-order valence-electron chi connectivity index (χ3n) is 3.75. The minimum absolute atomic E-state index is 0.0231. The number of amides is 1. The van der Waals surface area contributed by atoms with E-state index in [1.807, 2.05) is 62.5 Å². The van der Waals surface area contributed by atoms with E-state index in [0.29, 0.717) is 6.54 Å². The molecule has 0 fully saturated rings. The summed E-state index contributed by atoms with van der Waals surface area (Å²) in [4.78, 5) is 17.3. The van der Waals surface area contributed by atoms with Crippen LogP contribution < -0.4 is 10.6 Å². The number of thiazole rings is 1. The van der Waals surface area contributed by atoms with E-state index in [0.717, 1.165) is 21.3 Å². The molecule has 0 atom stereocenters. The Morgan fingerprint density at radius 3 is 2.48 bits per heavy atom. The molecule has 5 heteroatoms. The third kappa shape index (κ3) is 4.67. The maximum Gasteiger partial charge on any atom is 0.226 e. The van der Waals surface area contributed by atoms with Crippen molar-refractivity contribution in [3.8, 4) is 10.4 Å². The fraction of sp³-hybridized carbons (Fsp3) is 0.200. The summed E-state index contributed by atoms with van der Waals surface area (Å²) in [6, 6.07) is 18.1. The van der Waals surface area contributed by atoms with Crippen molar-refractivity contribution in [2.75, 3.05) is 10.6 Å². The molecule has 2 aromatic carbocycles. The van der Waals surface area contributed by atoms with Crippen LogP contribution in [0.1, 0.15) is 19.4 Å². The lowest BCUT2D eigenvalue weighted by atomic mass is 10.1. The zero-order chi connectivity index (χ0) is 17.6. The molecular formula is C20H21N3OS. The van der Waals surface area contributed by atoms with Crippen molar-refractivity contribution in [2.45, 2.75) is 20.4 Å². The minimum Gasteiger partial charge on any atom is -0.357 e. The Hall–Kier alpha value is -2.66. The molecule has 1 heterocycles. The van der Waals surface area contributed by atoms with Gasteiger partial charge in [0.2, 0.25) is 5.91 Å². The van der Waals surface area contributed by atoms with E-state index in [4.69, 9.17) is 0 Å². The first-order valence-corrected chi connectivity index (χ1v) is 9.08. The predicted octanol–water partition coefficient (Wildman–Crippen LogP) is 5.02. The van der Waals surface area contributed by atoms with Crippen LogP contribution >= 0.6 is 11.3 Å². The average molecular weight is 351 g/mol. The molecule has 0 spiro atoms. The standard InChI is InChI=1S/C20H21N3OS/c1-14(2)19(24)23-17-10-8-15(9-11-17)12-21-20-22-13-18(25-20)16-6-4-3-5-7-16/h3-11,13-14H,12H2,1-2H3,(H,21,22)(H,23,24). The third-order valence-corrected chi connectivity index (χ3v) is 4.76. The van der Waals surface area contributed by atoms with Gasteiger partial charge >= 0.3 is 0 Å². The predicted molar refractivity (Wildman–Crippen MR) is 105 cm³/mol. The Morgan fingerprint density at radius 1 is 1.08 bits per heavy atom. The van der Waals surface area contributed by atoms with Gasteiger partial charge in [0, 0.05) is 24.3 Å². The van der Waals surface area contributed by atoms with Gasteiger partial charge in [-0.1, -0.05) is 67.6 Å². The molecule has 3 aromatic rings. The number of benzene rings is 2. The number of anilines is 2. The molecule has 1 aromatic heterocycles. The highest BCUT2D eigenvalue weighted by atomic mass is 32.1. The van der Waals surface area contributed by atoms with Crippen LogP contribution in [-0.2, 0) is 11.3 Å². The smallest absolute Gasteiger partial charge is 0.226 e. The molecule has 1 amide bonds. The van der Waals surface area contributed by atoms with Crippen LogP contribution in [0.2, 0.25) is 0 Å². The maximum absolute atomic E-state index is 11.7. The Bertz CT molecular complexity index is 826. The molecule has 0 bridgehead atoms. The van der Waals surface area contributed by atoms with Crippen molar-refractivity contribution < 1.29 is 4.79 Å². The van der Waals surface area contributed by atoms with Crippen LogP contribution in [0.4, 0.5) is 10.8 Å². The van der Waals surface area contributed by atoms with Gasteiger partial charge in [-0.2, -0.15) is 0 Å². The Labute approximate surface area is 151 Å². The summed E-state index contributed by atoms with van der Waals surface area (Å²) < 4.78 is 0. The van der Waals surface area contributed by atoms with Crippen LogP contribution in [-0.4, -0.2) is 10.9 Å². The van der Waals surface area contributed by atoms with Crippen LogP contribution in [0, 0.1) is 5.92 Å². The minimum atomic E-state index is -0.0231. The van der Waals surface area contributed by atoms with Gasteiger partial charge in [-0.05, 0) is 23.3 Å². The van der Waals surface area contributed by atoms with E-state index in [-0.39, 0.29) is 11.8 Å². The number of rotatable bonds is 6. The first kappa shape index (κ1) is 17.2. The van der Waals surface area contributed by atoms with Crippen molar-refractivity contribution in [1.82, 2.24) is 4.98 Å². The summed E-state index contributed by atoms with van der Waals surface area (Å²) in [5, 5.41) is 7.14. The van der Waals surface area contributed by atoms with Gasteiger partial charge in [0.15, 0.2) is 5.13 Å². The SMILES string of the molecule is CC(C)C(=O)Nc1ccc(CNc2ncc(-c3ccccc3)s2)cc1. The second-order valence-corrected chi connectivity index (χ2v) is 7.12. The molecular weight excluding hydrogens is 330 g/mol. The zero-order valence-corrected chi connectivity index (χ0v) is 15.1. The van der Waals surface area contributed by atoms with E-state index in [2.05, 4.69) is 27.8 Å². The second-order valence-electron chi connectivity index (χ2n) is 6.09. The van der Waals surface area contributed by atoms with E-state index < -0.39 is 0 Å². The Balaban J connectivity index is 1.57. The number of hydrogen-bond acceptors (Lipinski definition) is 4. The molecule has 128 valence electrons. The molecule has 3 rings (SSSR count). The lowest BCUT2D eigenvalue weighted by Gasteiger charge is -2.08. The van der Waals surface area contributed by atoms with Gasteiger partial charge in [0.1, 0.15) is 0 Å². The van der Waals surface area contributed by atoms with Crippen molar-refractivity contribution in [3.05, 3.63) is 66.4 Å². The lowest BCUT2D eigenvalue weighted by Crippen LogP contribution is -2.17. The molecule has 25 heavy (non-hydrogen) atoms. The lowest BCUT2D eigenvalue weighted by molar-refractivity contribution is -0.118. The summed E-state index contributed by atoms with van der Waals surface area (Å²) >= 11 is 1.64. The molecule has 0 saturated heterocycles. The molecule has 4 nitrogen and oxygen atoms in total. The summed E-state index contributed by atoms with van der Waals surface area (Å²) in [6.45, 7) is 4.46. The molecule has 0 aliphatic rings. The van der Waals surface area contributed by atoms with E-state index in [9.17, 15) is 4.79 Å². The van der Waals surface area contributed by atoms with Gasteiger partial charge in [-0.3, -0.25) is 4.79 Å². The molecule has 0 aliphatic carbocycles. The number of nitrogens with zero attached hydrogens (tertiary/aromatic N) is 1. The Kier molecular flexibility index (Phi) is 5.46. The van der Waals surface area contributed by atoms with Gasteiger partial charge in [-0.25, -0.2) is 4.98 Å². The van der Waals surface area contributed by atoms with Gasteiger partial charge in [0.25, 0.3) is 0 Å². The van der Waals surface area contributed by atoms with E-state index in [1.165, 1.54) is 5.56 Å².